The van der Waals surface area contributed by atoms with E-state index >= 15 is 0 Å². The number of hydrogen-bond donors (Lipinski definition) is 2. The molecule has 0 aromatic heterocycles. The largest absolute Gasteiger partial charge is 0.417 e. The second kappa shape index (κ2) is 5.58. The van der Waals surface area contributed by atoms with Crippen molar-refractivity contribution in [2.75, 3.05) is 11.4 Å². The van der Waals surface area contributed by atoms with Gasteiger partial charge in [0.25, 0.3) is 0 Å². The first-order chi connectivity index (χ1) is 9.70. The van der Waals surface area contributed by atoms with Crippen LogP contribution in [0.4, 0.5) is 18.9 Å². The number of amidine groups is 1. The van der Waals surface area contributed by atoms with Gasteiger partial charge in [-0.25, -0.2) is 0 Å². The topological polar surface area (TPSA) is 53.1 Å². The molecule has 0 unspecified atom stereocenters. The van der Waals surface area contributed by atoms with Crippen LogP contribution >= 0.6 is 0 Å². The van der Waals surface area contributed by atoms with Crippen LogP contribution in [0.1, 0.15) is 37.8 Å². The summed E-state index contributed by atoms with van der Waals surface area (Å²) < 4.78 is 38.9. The number of nitrogens with one attached hydrogen (secondary N) is 1. The molecule has 0 radical (unpaired) electrons. The Kier molecular flexibility index (Phi) is 4.16. The molecule has 0 spiro atoms. The Hall–Kier alpha value is -1.72. The quantitative estimate of drug-likeness (QED) is 0.644. The van der Waals surface area contributed by atoms with E-state index in [1.807, 2.05) is 0 Å². The first-order valence-electron chi connectivity index (χ1n) is 7.02. The Balaban J connectivity index is 2.41. The number of nitrogen functional groups attached to an aromatic ring is 1. The van der Waals surface area contributed by atoms with Crippen LogP contribution in [0.25, 0.3) is 0 Å². The van der Waals surface area contributed by atoms with E-state index in [0.29, 0.717) is 17.6 Å². The van der Waals surface area contributed by atoms with Crippen molar-refractivity contribution in [1.29, 1.82) is 5.41 Å². The Morgan fingerprint density at radius 3 is 2.43 bits per heavy atom. The van der Waals surface area contributed by atoms with Crippen LogP contribution in [-0.2, 0) is 6.18 Å². The van der Waals surface area contributed by atoms with Crippen molar-refractivity contribution in [2.24, 2.45) is 11.7 Å². The highest BCUT2D eigenvalue weighted by atomic mass is 19.4. The summed E-state index contributed by atoms with van der Waals surface area (Å²) in [5.74, 6) is -0.141. The lowest BCUT2D eigenvalue weighted by Crippen LogP contribution is -2.30. The number of rotatable bonds is 5. The summed E-state index contributed by atoms with van der Waals surface area (Å²) in [5, 5.41) is 7.42. The summed E-state index contributed by atoms with van der Waals surface area (Å²) in [6.07, 6.45) is -2.38. The summed E-state index contributed by atoms with van der Waals surface area (Å²) in [7, 11) is 0. The van der Waals surface area contributed by atoms with Crippen LogP contribution in [0.5, 0.6) is 0 Å². The Morgan fingerprint density at radius 2 is 2.00 bits per heavy atom. The molecule has 3 N–H and O–H groups in total. The van der Waals surface area contributed by atoms with E-state index in [4.69, 9.17) is 11.1 Å². The molecule has 1 aromatic carbocycles. The van der Waals surface area contributed by atoms with Crippen molar-refractivity contribution in [1.82, 2.24) is 0 Å². The van der Waals surface area contributed by atoms with Crippen LogP contribution in [0.3, 0.4) is 0 Å². The van der Waals surface area contributed by atoms with Gasteiger partial charge in [-0.3, -0.25) is 5.41 Å². The third-order valence-corrected chi connectivity index (χ3v) is 3.48. The van der Waals surface area contributed by atoms with Crippen molar-refractivity contribution in [3.05, 3.63) is 29.3 Å². The summed E-state index contributed by atoms with van der Waals surface area (Å²) in [5.41, 5.74) is 4.96. The number of nitrogens with two attached hydrogens (primary N) is 1. The zero-order valence-corrected chi connectivity index (χ0v) is 12.2. The van der Waals surface area contributed by atoms with Crippen LogP contribution in [0, 0.1) is 11.3 Å². The average Bonchev–Trinajstić information content (AvgIpc) is 3.18. The van der Waals surface area contributed by atoms with E-state index in [0.717, 1.165) is 25.5 Å². The second-order valence-corrected chi connectivity index (χ2v) is 5.92. The summed E-state index contributed by atoms with van der Waals surface area (Å²) in [6.45, 7) is 4.93. The number of halogens is 3. The predicted molar refractivity (Wildman–Crippen MR) is 77.7 cm³/mol. The normalized spacial score (nSPS) is 15.3. The number of benzene rings is 1. The van der Waals surface area contributed by atoms with Crippen molar-refractivity contribution in [2.45, 2.75) is 38.9 Å². The maximum atomic E-state index is 13.0. The van der Waals surface area contributed by atoms with E-state index in [-0.39, 0.29) is 5.56 Å². The lowest BCUT2D eigenvalue weighted by molar-refractivity contribution is -0.137. The lowest BCUT2D eigenvalue weighted by atomic mass is 10.0. The molecule has 3 nitrogen and oxygen atoms in total. The maximum Gasteiger partial charge on any atom is 0.417 e. The number of hydrogen-bond acceptors (Lipinski definition) is 2. The van der Waals surface area contributed by atoms with Gasteiger partial charge < -0.3 is 10.6 Å². The molecule has 0 atom stereocenters. The number of anilines is 1. The lowest BCUT2D eigenvalue weighted by Gasteiger charge is -2.28. The molecule has 0 aliphatic heterocycles. The molecule has 6 heteroatoms. The minimum absolute atomic E-state index is 0.241. The van der Waals surface area contributed by atoms with Crippen molar-refractivity contribution < 1.29 is 13.2 Å². The summed E-state index contributed by atoms with van der Waals surface area (Å²) >= 11 is 0. The molecule has 0 heterocycles. The summed E-state index contributed by atoms with van der Waals surface area (Å²) in [4.78, 5) is 2.12. The fraction of sp³-hybridized carbons (Fsp3) is 0.533. The highest BCUT2D eigenvalue weighted by Crippen LogP contribution is 2.37. The van der Waals surface area contributed by atoms with Crippen LogP contribution in [0.15, 0.2) is 18.2 Å². The van der Waals surface area contributed by atoms with Crippen molar-refractivity contribution in [3.63, 3.8) is 0 Å². The molecular weight excluding hydrogens is 279 g/mol. The van der Waals surface area contributed by atoms with E-state index in [9.17, 15) is 13.2 Å². The first kappa shape index (κ1) is 15.7. The molecule has 1 aromatic rings. The molecule has 0 bridgehead atoms. The molecule has 0 amide bonds. The third-order valence-electron chi connectivity index (χ3n) is 3.48. The maximum absolute atomic E-state index is 13.0. The van der Waals surface area contributed by atoms with Gasteiger partial charge in [-0.15, -0.1) is 0 Å². The van der Waals surface area contributed by atoms with Crippen molar-refractivity contribution >= 4 is 11.5 Å². The van der Waals surface area contributed by atoms with E-state index < -0.39 is 17.6 Å². The minimum atomic E-state index is -4.50. The summed E-state index contributed by atoms with van der Waals surface area (Å²) in [6, 6.07) is 4.30. The predicted octanol–water partition coefficient (Wildman–Crippen LogP) is 3.61. The third kappa shape index (κ3) is 3.68. The fourth-order valence-corrected chi connectivity index (χ4v) is 2.43. The van der Waals surface area contributed by atoms with Crippen LogP contribution in [0.2, 0.25) is 0 Å². The van der Waals surface area contributed by atoms with Gasteiger partial charge in [0, 0.05) is 23.8 Å². The monoisotopic (exact) mass is 299 g/mol. The molecular formula is C15H20F3N3. The fourth-order valence-electron chi connectivity index (χ4n) is 2.43. The number of alkyl halides is 3. The van der Waals surface area contributed by atoms with Gasteiger partial charge in [0.05, 0.1) is 5.56 Å². The zero-order valence-electron chi connectivity index (χ0n) is 12.2. The van der Waals surface area contributed by atoms with Gasteiger partial charge >= 0.3 is 6.18 Å². The molecule has 2 rings (SSSR count). The molecule has 1 fully saturated rings. The highest BCUT2D eigenvalue weighted by molar-refractivity contribution is 5.97. The molecule has 1 aliphatic rings. The molecule has 1 aliphatic carbocycles. The van der Waals surface area contributed by atoms with Gasteiger partial charge in [0.2, 0.25) is 0 Å². The minimum Gasteiger partial charge on any atom is -0.384 e. The average molecular weight is 299 g/mol. The smallest absolute Gasteiger partial charge is 0.384 e. The van der Waals surface area contributed by atoms with Crippen LogP contribution < -0.4 is 10.6 Å². The SMILES string of the molecule is CC(C)CN(c1ccc(C(F)(F)F)c(C(=N)N)c1)C1CC1. The van der Waals surface area contributed by atoms with Crippen LogP contribution in [-0.4, -0.2) is 18.4 Å². The number of nitrogens with zero attached hydrogens (tertiary/aromatic N) is 1. The van der Waals surface area contributed by atoms with E-state index in [1.165, 1.54) is 12.1 Å². The molecule has 21 heavy (non-hydrogen) atoms. The van der Waals surface area contributed by atoms with E-state index in [1.54, 1.807) is 0 Å². The Labute approximate surface area is 122 Å². The highest BCUT2D eigenvalue weighted by Gasteiger charge is 2.35. The van der Waals surface area contributed by atoms with E-state index in [2.05, 4.69) is 18.7 Å². The Bertz CT molecular complexity index is 533. The Morgan fingerprint density at radius 1 is 1.38 bits per heavy atom. The molecule has 116 valence electrons. The van der Waals surface area contributed by atoms with Gasteiger partial charge in [0.15, 0.2) is 0 Å². The van der Waals surface area contributed by atoms with Gasteiger partial charge in [0.1, 0.15) is 5.84 Å². The zero-order chi connectivity index (χ0) is 15.8. The standard InChI is InChI=1S/C15H20F3N3/c1-9(2)8-21(10-3-4-10)11-5-6-13(15(16,17)18)12(7-11)14(19)20/h5-7,9-10H,3-4,8H2,1-2H3,(H3,19,20). The molecule has 1 saturated carbocycles. The molecule has 0 saturated heterocycles. The van der Waals surface area contributed by atoms with Gasteiger partial charge in [-0.2, -0.15) is 13.2 Å². The second-order valence-electron chi connectivity index (χ2n) is 5.92. The van der Waals surface area contributed by atoms with Gasteiger partial charge in [-0.05, 0) is 37.0 Å². The first-order valence-corrected chi connectivity index (χ1v) is 7.02. The van der Waals surface area contributed by atoms with Crippen molar-refractivity contribution in [3.8, 4) is 0 Å². The van der Waals surface area contributed by atoms with Gasteiger partial charge in [-0.1, -0.05) is 13.8 Å².